The van der Waals surface area contributed by atoms with E-state index in [0.29, 0.717) is 16.1 Å². The highest BCUT2D eigenvalue weighted by molar-refractivity contribution is 6.30. The average molecular weight is 407 g/mol. The van der Waals surface area contributed by atoms with Gasteiger partial charge in [-0.05, 0) is 35.4 Å². The summed E-state index contributed by atoms with van der Waals surface area (Å²) in [6.45, 7) is 0. The molecule has 0 amide bonds. The fourth-order valence-electron chi connectivity index (χ4n) is 3.65. The molecular formula is C19H19ClN2O6. The number of phenolic OH excluding ortho intramolecular Hbond substituents is 1. The second-order valence-corrected chi connectivity index (χ2v) is 6.87. The van der Waals surface area contributed by atoms with Crippen molar-refractivity contribution in [2.45, 2.75) is 24.0 Å². The first-order chi connectivity index (χ1) is 13.4. The Morgan fingerprint density at radius 2 is 1.82 bits per heavy atom. The molecule has 0 radical (unpaired) electrons. The molecule has 4 atom stereocenters. The lowest BCUT2D eigenvalue weighted by molar-refractivity contribution is -0.527. The SMILES string of the molecule is COC(=O)[C@H]1N[C@@H](c2ccc(O)c(OC)c2)[C@H]([N+](=O)[O-])[C@H]1c1ccc(Cl)cc1. The molecule has 1 fully saturated rings. The van der Waals surface area contributed by atoms with Crippen molar-refractivity contribution in [1.29, 1.82) is 0 Å². The molecule has 1 heterocycles. The molecular weight excluding hydrogens is 388 g/mol. The van der Waals surface area contributed by atoms with Gasteiger partial charge >= 0.3 is 5.97 Å². The van der Waals surface area contributed by atoms with Gasteiger partial charge in [-0.1, -0.05) is 29.8 Å². The maximum absolute atomic E-state index is 12.4. The van der Waals surface area contributed by atoms with E-state index in [9.17, 15) is 20.0 Å². The van der Waals surface area contributed by atoms with Gasteiger partial charge in [0.1, 0.15) is 12.1 Å². The van der Waals surface area contributed by atoms with Gasteiger partial charge in [0.05, 0.1) is 20.1 Å². The molecule has 9 heteroatoms. The molecule has 0 bridgehead atoms. The lowest BCUT2D eigenvalue weighted by Crippen LogP contribution is -2.37. The van der Waals surface area contributed by atoms with Gasteiger partial charge in [-0.15, -0.1) is 0 Å². The normalized spacial score (nSPS) is 24.0. The van der Waals surface area contributed by atoms with Crippen LogP contribution in [0.3, 0.4) is 0 Å². The molecule has 2 N–H and O–H groups in total. The molecule has 1 aliphatic rings. The number of hydrogen-bond acceptors (Lipinski definition) is 7. The van der Waals surface area contributed by atoms with Crippen molar-refractivity contribution < 1.29 is 24.3 Å². The Hall–Kier alpha value is -2.84. The summed E-state index contributed by atoms with van der Waals surface area (Å²) < 4.78 is 9.98. The third-order valence-electron chi connectivity index (χ3n) is 4.94. The third kappa shape index (κ3) is 3.61. The first kappa shape index (κ1) is 19.9. The fraction of sp³-hybridized carbons (Fsp3) is 0.316. The quantitative estimate of drug-likeness (QED) is 0.446. The number of nitrogens with one attached hydrogen (secondary N) is 1. The van der Waals surface area contributed by atoms with Crippen LogP contribution in [0.5, 0.6) is 11.5 Å². The van der Waals surface area contributed by atoms with E-state index in [1.165, 1.54) is 26.4 Å². The summed E-state index contributed by atoms with van der Waals surface area (Å²) in [6, 6.07) is 8.18. The van der Waals surface area contributed by atoms with Gasteiger partial charge in [0.25, 0.3) is 0 Å². The molecule has 2 aromatic rings. The second kappa shape index (κ2) is 8.04. The van der Waals surface area contributed by atoms with E-state index in [4.69, 9.17) is 21.1 Å². The van der Waals surface area contributed by atoms with Crippen molar-refractivity contribution in [2.24, 2.45) is 0 Å². The highest BCUT2D eigenvalue weighted by Crippen LogP contribution is 2.42. The molecule has 28 heavy (non-hydrogen) atoms. The van der Waals surface area contributed by atoms with Crippen LogP contribution in [0, 0.1) is 10.1 Å². The van der Waals surface area contributed by atoms with Gasteiger partial charge < -0.3 is 14.6 Å². The summed E-state index contributed by atoms with van der Waals surface area (Å²) in [7, 11) is 2.63. The van der Waals surface area contributed by atoms with Crippen LogP contribution in [-0.2, 0) is 9.53 Å². The largest absolute Gasteiger partial charge is 0.504 e. The number of nitro groups is 1. The molecule has 8 nitrogen and oxygen atoms in total. The van der Waals surface area contributed by atoms with E-state index in [1.807, 2.05) is 0 Å². The topological polar surface area (TPSA) is 111 Å². The molecule has 3 rings (SSSR count). The van der Waals surface area contributed by atoms with Crippen molar-refractivity contribution in [1.82, 2.24) is 5.32 Å². The van der Waals surface area contributed by atoms with Crippen LogP contribution in [0.2, 0.25) is 5.02 Å². The highest BCUT2D eigenvalue weighted by Gasteiger charge is 2.55. The maximum atomic E-state index is 12.4. The standard InChI is InChI=1S/C19H19ClN2O6/c1-27-14-9-11(5-8-13(14)23)16-18(22(25)26)15(17(21-16)19(24)28-2)10-3-6-12(20)7-4-10/h3-9,15-18,21,23H,1-2H3/t15-,16-,17-,18+/m0/s1. The van der Waals surface area contributed by atoms with Gasteiger partial charge in [0, 0.05) is 9.95 Å². The van der Waals surface area contributed by atoms with Crippen molar-refractivity contribution in [2.75, 3.05) is 14.2 Å². The Labute approximate surface area is 166 Å². The first-order valence-electron chi connectivity index (χ1n) is 8.47. The lowest BCUT2D eigenvalue weighted by atomic mass is 9.85. The summed E-state index contributed by atoms with van der Waals surface area (Å²) in [5, 5.41) is 25.4. The third-order valence-corrected chi connectivity index (χ3v) is 5.20. The minimum atomic E-state index is -1.15. The van der Waals surface area contributed by atoms with E-state index in [1.54, 1.807) is 30.3 Å². The minimum Gasteiger partial charge on any atom is -0.504 e. The summed E-state index contributed by atoms with van der Waals surface area (Å²) in [5.74, 6) is -1.27. The predicted octanol–water partition coefficient (Wildman–Crippen LogP) is 2.67. The van der Waals surface area contributed by atoms with E-state index in [2.05, 4.69) is 5.32 Å². The molecule has 0 aromatic heterocycles. The van der Waals surface area contributed by atoms with Crippen LogP contribution in [-0.4, -0.2) is 42.3 Å². The Bertz CT molecular complexity index is 888. The number of halogens is 1. The van der Waals surface area contributed by atoms with Gasteiger partial charge in [0.2, 0.25) is 6.04 Å². The maximum Gasteiger partial charge on any atom is 0.323 e. The van der Waals surface area contributed by atoms with Gasteiger partial charge in [-0.3, -0.25) is 20.2 Å². The minimum absolute atomic E-state index is 0.0827. The molecule has 148 valence electrons. The Morgan fingerprint density at radius 3 is 2.39 bits per heavy atom. The number of rotatable bonds is 5. The molecule has 0 spiro atoms. The number of nitrogens with zero attached hydrogens (tertiary/aromatic N) is 1. The number of ether oxygens (including phenoxy) is 2. The van der Waals surface area contributed by atoms with E-state index in [0.717, 1.165) is 0 Å². The van der Waals surface area contributed by atoms with Gasteiger partial charge in [-0.25, -0.2) is 0 Å². The zero-order valence-corrected chi connectivity index (χ0v) is 15.9. The van der Waals surface area contributed by atoms with E-state index in [-0.39, 0.29) is 11.5 Å². The number of aromatic hydroxyl groups is 1. The Kier molecular flexibility index (Phi) is 5.71. The Balaban J connectivity index is 2.10. The van der Waals surface area contributed by atoms with Gasteiger partial charge in [0.15, 0.2) is 11.5 Å². The molecule has 1 aliphatic heterocycles. The monoisotopic (exact) mass is 406 g/mol. The van der Waals surface area contributed by atoms with E-state index < -0.39 is 34.9 Å². The molecule has 1 saturated heterocycles. The predicted molar refractivity (Wildman–Crippen MR) is 101 cm³/mol. The van der Waals surface area contributed by atoms with Crippen LogP contribution in [0.4, 0.5) is 0 Å². The van der Waals surface area contributed by atoms with Crippen molar-refractivity contribution in [3.8, 4) is 11.5 Å². The van der Waals surface area contributed by atoms with Crippen LogP contribution < -0.4 is 10.1 Å². The summed E-state index contributed by atoms with van der Waals surface area (Å²) in [5.41, 5.74) is 1.11. The van der Waals surface area contributed by atoms with Crippen molar-refractivity contribution in [3.05, 3.63) is 68.7 Å². The van der Waals surface area contributed by atoms with E-state index >= 15 is 0 Å². The lowest BCUT2D eigenvalue weighted by Gasteiger charge is -2.19. The van der Waals surface area contributed by atoms with Crippen LogP contribution in [0.15, 0.2) is 42.5 Å². The summed E-state index contributed by atoms with van der Waals surface area (Å²) >= 11 is 5.94. The molecule has 0 saturated carbocycles. The summed E-state index contributed by atoms with van der Waals surface area (Å²) in [4.78, 5) is 24.0. The van der Waals surface area contributed by atoms with Crippen LogP contribution in [0.25, 0.3) is 0 Å². The number of esters is 1. The summed E-state index contributed by atoms with van der Waals surface area (Å²) in [6.07, 6.45) is 0. The number of benzene rings is 2. The first-order valence-corrected chi connectivity index (χ1v) is 8.85. The molecule has 0 aliphatic carbocycles. The number of hydrogen-bond donors (Lipinski definition) is 2. The number of carbonyl (C=O) groups excluding carboxylic acids is 1. The zero-order valence-electron chi connectivity index (χ0n) is 15.2. The second-order valence-electron chi connectivity index (χ2n) is 6.43. The van der Waals surface area contributed by atoms with Crippen molar-refractivity contribution >= 4 is 17.6 Å². The molecule has 2 aromatic carbocycles. The highest BCUT2D eigenvalue weighted by atomic mass is 35.5. The van der Waals surface area contributed by atoms with Gasteiger partial charge in [-0.2, -0.15) is 0 Å². The number of methoxy groups -OCH3 is 2. The number of phenols is 1. The van der Waals surface area contributed by atoms with Crippen LogP contribution in [0.1, 0.15) is 23.1 Å². The van der Waals surface area contributed by atoms with Crippen LogP contribution >= 0.6 is 11.6 Å². The fourth-order valence-corrected chi connectivity index (χ4v) is 3.78. The zero-order chi connectivity index (χ0) is 20.4. The van der Waals surface area contributed by atoms with Crippen molar-refractivity contribution in [3.63, 3.8) is 0 Å². The Morgan fingerprint density at radius 1 is 1.18 bits per heavy atom. The number of carbonyl (C=O) groups is 1. The molecule has 0 unspecified atom stereocenters. The average Bonchev–Trinajstić information content (AvgIpc) is 3.09. The smallest absolute Gasteiger partial charge is 0.323 e.